The van der Waals surface area contributed by atoms with E-state index in [1.807, 2.05) is 31.2 Å². The molecule has 0 aliphatic carbocycles. The Kier molecular flexibility index (Phi) is 3.71. The molecule has 1 aromatic rings. The Balaban J connectivity index is 2.04. The lowest BCUT2D eigenvalue weighted by Gasteiger charge is -2.41. The van der Waals surface area contributed by atoms with E-state index in [-0.39, 0.29) is 5.57 Å². The zero-order valence-electron chi connectivity index (χ0n) is 12.1. The van der Waals surface area contributed by atoms with Crippen LogP contribution in [0.3, 0.4) is 0 Å². The van der Waals surface area contributed by atoms with Crippen molar-refractivity contribution in [1.29, 1.82) is 5.26 Å². The summed E-state index contributed by atoms with van der Waals surface area (Å²) in [5, 5.41) is 12.3. The Bertz CT molecular complexity index is 708. The minimum absolute atomic E-state index is 0.00808. The van der Waals surface area contributed by atoms with Gasteiger partial charge in [-0.05, 0) is 19.1 Å². The number of halogens is 1. The first-order valence-electron chi connectivity index (χ1n) is 7.11. The Morgan fingerprint density at radius 2 is 2.36 bits per heavy atom. The van der Waals surface area contributed by atoms with E-state index in [2.05, 4.69) is 5.32 Å². The number of nitrogens with one attached hydrogen (secondary N) is 1. The van der Waals surface area contributed by atoms with Crippen LogP contribution in [-0.4, -0.2) is 19.1 Å². The molecule has 1 spiro atoms. The molecular formula is C16H15ClN2O3. The first kappa shape index (κ1) is 14.7. The summed E-state index contributed by atoms with van der Waals surface area (Å²) >= 11 is 6.18. The van der Waals surface area contributed by atoms with E-state index in [0.29, 0.717) is 36.8 Å². The number of carbonyl (C=O) groups excluding carboxylic acids is 1. The van der Waals surface area contributed by atoms with Gasteiger partial charge in [-0.1, -0.05) is 11.6 Å². The molecule has 0 saturated carbocycles. The number of hydrogen-bond donors (Lipinski definition) is 1. The highest BCUT2D eigenvalue weighted by molar-refractivity contribution is 6.33. The summed E-state index contributed by atoms with van der Waals surface area (Å²) in [6, 6.07) is 7.42. The molecule has 1 atom stereocenters. The molecular weight excluding hydrogens is 304 g/mol. The molecule has 2 heterocycles. The van der Waals surface area contributed by atoms with Crippen molar-refractivity contribution < 1.29 is 14.3 Å². The largest absolute Gasteiger partial charge is 0.494 e. The summed E-state index contributed by atoms with van der Waals surface area (Å²) in [6.45, 7) is 2.95. The molecule has 0 saturated heterocycles. The molecule has 22 heavy (non-hydrogen) atoms. The molecule has 3 rings (SSSR count). The zero-order valence-corrected chi connectivity index (χ0v) is 12.9. The molecule has 2 aliphatic heterocycles. The Labute approximate surface area is 133 Å². The molecule has 0 bridgehead atoms. The molecule has 0 fully saturated rings. The second-order valence-electron chi connectivity index (χ2n) is 5.29. The lowest BCUT2D eigenvalue weighted by atomic mass is 9.79. The predicted molar refractivity (Wildman–Crippen MR) is 80.7 cm³/mol. The molecule has 1 aromatic carbocycles. The van der Waals surface area contributed by atoms with Crippen LogP contribution in [0.25, 0.3) is 0 Å². The maximum Gasteiger partial charge on any atom is 0.263 e. The lowest BCUT2D eigenvalue weighted by molar-refractivity contribution is -0.120. The summed E-state index contributed by atoms with van der Waals surface area (Å²) in [7, 11) is 0. The van der Waals surface area contributed by atoms with Gasteiger partial charge in [0.05, 0.1) is 18.8 Å². The van der Waals surface area contributed by atoms with Crippen LogP contribution in [0.15, 0.2) is 28.8 Å². The van der Waals surface area contributed by atoms with Gasteiger partial charge in [-0.3, -0.25) is 4.79 Å². The van der Waals surface area contributed by atoms with Crippen molar-refractivity contribution in [3.63, 3.8) is 0 Å². The number of hydrogen-bond acceptors (Lipinski definition) is 4. The molecule has 5 nitrogen and oxygen atoms in total. The third kappa shape index (κ3) is 2.30. The van der Waals surface area contributed by atoms with Crippen molar-refractivity contribution in [3.05, 3.63) is 34.4 Å². The van der Waals surface area contributed by atoms with Gasteiger partial charge in [0.15, 0.2) is 0 Å². The smallest absolute Gasteiger partial charge is 0.263 e. The first-order chi connectivity index (χ1) is 10.6. The van der Waals surface area contributed by atoms with E-state index in [0.717, 1.165) is 11.3 Å². The Morgan fingerprint density at radius 3 is 3.05 bits per heavy atom. The van der Waals surface area contributed by atoms with Gasteiger partial charge in [0.2, 0.25) is 0 Å². The van der Waals surface area contributed by atoms with Crippen molar-refractivity contribution in [2.24, 2.45) is 0 Å². The monoisotopic (exact) mass is 318 g/mol. The average Bonchev–Trinajstić information content (AvgIpc) is 2.47. The lowest BCUT2D eigenvalue weighted by Crippen LogP contribution is -2.51. The molecule has 0 unspecified atom stereocenters. The van der Waals surface area contributed by atoms with E-state index in [1.165, 1.54) is 0 Å². The third-order valence-corrected chi connectivity index (χ3v) is 4.31. The van der Waals surface area contributed by atoms with Crippen LogP contribution in [-0.2, 0) is 10.3 Å². The van der Waals surface area contributed by atoms with Gasteiger partial charge in [-0.2, -0.15) is 5.26 Å². The van der Waals surface area contributed by atoms with Crippen LogP contribution < -0.4 is 14.8 Å². The van der Waals surface area contributed by atoms with E-state index < -0.39 is 11.4 Å². The normalized spacial score (nSPS) is 23.4. The predicted octanol–water partition coefficient (Wildman–Crippen LogP) is 2.60. The zero-order chi connectivity index (χ0) is 15.7. The number of amides is 1. The average molecular weight is 319 g/mol. The van der Waals surface area contributed by atoms with Gasteiger partial charge in [-0.25, -0.2) is 0 Å². The highest BCUT2D eigenvalue weighted by Gasteiger charge is 2.44. The van der Waals surface area contributed by atoms with Gasteiger partial charge in [0, 0.05) is 29.5 Å². The second kappa shape index (κ2) is 5.54. The van der Waals surface area contributed by atoms with Crippen molar-refractivity contribution in [2.45, 2.75) is 25.3 Å². The first-order valence-corrected chi connectivity index (χ1v) is 7.49. The van der Waals surface area contributed by atoms with Crippen LogP contribution in [0.4, 0.5) is 0 Å². The van der Waals surface area contributed by atoms with Crippen LogP contribution in [0, 0.1) is 11.3 Å². The molecule has 114 valence electrons. The van der Waals surface area contributed by atoms with E-state index >= 15 is 0 Å². The van der Waals surface area contributed by atoms with E-state index in [9.17, 15) is 4.79 Å². The summed E-state index contributed by atoms with van der Waals surface area (Å²) in [4.78, 5) is 12.1. The molecule has 1 N–H and O–H groups in total. The number of nitrogens with zero attached hydrogens (tertiary/aromatic N) is 1. The third-order valence-electron chi connectivity index (χ3n) is 3.99. The van der Waals surface area contributed by atoms with E-state index in [1.54, 1.807) is 0 Å². The Hall–Kier alpha value is -2.19. The minimum atomic E-state index is -0.618. The fourth-order valence-corrected chi connectivity index (χ4v) is 3.33. The highest BCUT2D eigenvalue weighted by Crippen LogP contribution is 2.45. The Morgan fingerprint density at radius 1 is 1.55 bits per heavy atom. The second-order valence-corrected chi connectivity index (χ2v) is 5.75. The number of fused-ring (bicyclic) bond motifs is 2. The number of benzene rings is 1. The maximum atomic E-state index is 12.1. The fourth-order valence-electron chi connectivity index (χ4n) is 2.97. The van der Waals surface area contributed by atoms with Gasteiger partial charge in [-0.15, -0.1) is 0 Å². The van der Waals surface area contributed by atoms with Crippen molar-refractivity contribution in [1.82, 2.24) is 5.32 Å². The number of rotatable bonds is 2. The van der Waals surface area contributed by atoms with Gasteiger partial charge in [0.25, 0.3) is 5.91 Å². The van der Waals surface area contributed by atoms with Crippen molar-refractivity contribution in [2.75, 3.05) is 13.2 Å². The van der Waals surface area contributed by atoms with Crippen molar-refractivity contribution in [3.8, 4) is 17.6 Å². The van der Waals surface area contributed by atoms with Gasteiger partial charge >= 0.3 is 0 Å². The summed E-state index contributed by atoms with van der Waals surface area (Å²) < 4.78 is 11.2. The molecule has 0 aromatic heterocycles. The molecule has 6 heteroatoms. The van der Waals surface area contributed by atoms with Crippen molar-refractivity contribution >= 4 is 17.5 Å². The van der Waals surface area contributed by atoms with E-state index in [4.69, 9.17) is 26.3 Å². The van der Waals surface area contributed by atoms with Crippen LogP contribution >= 0.6 is 11.6 Å². The van der Waals surface area contributed by atoms with Crippen LogP contribution in [0.2, 0.25) is 0 Å². The quantitative estimate of drug-likeness (QED) is 0.910. The van der Waals surface area contributed by atoms with Gasteiger partial charge in [0.1, 0.15) is 23.1 Å². The van der Waals surface area contributed by atoms with Gasteiger partial charge < -0.3 is 14.8 Å². The SMILES string of the molecule is CCOc1ccc2c(c1)OCC[C@]21CC(Cl)=C(C#N)C(=O)N1. The number of carbonyl (C=O) groups is 1. The number of nitriles is 1. The fraction of sp³-hybridized carbons (Fsp3) is 0.375. The molecule has 0 radical (unpaired) electrons. The minimum Gasteiger partial charge on any atom is -0.494 e. The number of ether oxygens (including phenoxy) is 2. The van der Waals surface area contributed by atoms with Crippen LogP contribution in [0.5, 0.6) is 11.5 Å². The maximum absolute atomic E-state index is 12.1. The topological polar surface area (TPSA) is 71.3 Å². The molecule has 1 amide bonds. The molecule has 2 aliphatic rings. The summed E-state index contributed by atoms with van der Waals surface area (Å²) in [5.74, 6) is 0.975. The van der Waals surface area contributed by atoms with Crippen LogP contribution in [0.1, 0.15) is 25.3 Å². The highest BCUT2D eigenvalue weighted by atomic mass is 35.5. The summed E-state index contributed by atoms with van der Waals surface area (Å²) in [5.41, 5.74) is 0.240. The summed E-state index contributed by atoms with van der Waals surface area (Å²) in [6.07, 6.45) is 1.00. The standard InChI is InChI=1S/C16H15ClN2O3/c1-2-21-10-3-4-12-14(7-10)22-6-5-16(12)8-13(17)11(9-18)15(20)19-16/h3-4,7H,2,5-6,8H2,1H3,(H,19,20)/t16-/m0/s1.